The third-order valence-corrected chi connectivity index (χ3v) is 9.52. The van der Waals surface area contributed by atoms with Crippen molar-refractivity contribution in [3.05, 3.63) is 84.8 Å². The molecule has 0 aliphatic heterocycles. The zero-order valence-corrected chi connectivity index (χ0v) is 30.6. The third kappa shape index (κ3) is 10.3. The predicted octanol–water partition coefficient (Wildman–Crippen LogP) is 3.43. The van der Waals surface area contributed by atoms with Gasteiger partial charge in [-0.25, -0.2) is 13.4 Å². The van der Waals surface area contributed by atoms with Crippen LogP contribution in [0.5, 0.6) is 0 Å². The summed E-state index contributed by atoms with van der Waals surface area (Å²) in [7, 11) is -4.20. The highest BCUT2D eigenvalue weighted by atomic mass is 127. The number of Topliss-reactive ketones (excluding diaryl/α,β-unsaturated/α-hetero) is 1. The van der Waals surface area contributed by atoms with Crippen molar-refractivity contribution in [3.63, 3.8) is 0 Å². The van der Waals surface area contributed by atoms with Crippen LogP contribution in [0.3, 0.4) is 0 Å². The molecule has 2 aromatic heterocycles. The standard InChI is InChI=1S/C31H34IN7O8S2/c1-18-14-19(26(28(43)34-18)38-49(44,45)21-9-7-8-20(32)16-21)15-25(41)35-23(27(42)29-36-22-10-5-6-11-24(22)48-29)12-13-46-37-30(33)39(17-40)47-31(2,3)4/h5-11,14,16-17,23,38H,12-13,15H2,1-4H3,(H2,33,37)(H,34,43)(H,35,41)/t23-/m0/s1. The molecular formula is C31H34IN7O8S2. The van der Waals surface area contributed by atoms with Gasteiger partial charge in [0.05, 0.1) is 33.2 Å². The Labute approximate surface area is 299 Å². The molecule has 2 aromatic carbocycles. The van der Waals surface area contributed by atoms with Gasteiger partial charge in [0.15, 0.2) is 5.01 Å². The minimum absolute atomic E-state index is 0.0687. The molecule has 0 spiro atoms. The normalized spacial score (nSPS) is 12.7. The number of aromatic nitrogens is 2. The number of thiazole rings is 1. The Morgan fingerprint density at radius 2 is 1.92 bits per heavy atom. The second-order valence-corrected chi connectivity index (χ2v) is 15.6. The van der Waals surface area contributed by atoms with E-state index in [1.165, 1.54) is 18.2 Å². The summed E-state index contributed by atoms with van der Waals surface area (Å²) in [6.07, 6.45) is -0.236. The highest BCUT2D eigenvalue weighted by Gasteiger charge is 2.27. The Bertz CT molecular complexity index is 2030. The summed E-state index contributed by atoms with van der Waals surface area (Å²) in [5.41, 5.74) is 5.04. The largest absolute Gasteiger partial charge is 0.393 e. The molecule has 0 aliphatic rings. The van der Waals surface area contributed by atoms with Gasteiger partial charge >= 0.3 is 0 Å². The van der Waals surface area contributed by atoms with Crippen LogP contribution in [0.1, 0.15) is 48.3 Å². The summed E-state index contributed by atoms with van der Waals surface area (Å²) >= 11 is 3.12. The molecule has 2 amide bonds. The average Bonchev–Trinajstić information content (AvgIpc) is 3.46. The fourth-order valence-electron chi connectivity index (χ4n) is 4.39. The van der Waals surface area contributed by atoms with Gasteiger partial charge in [-0.3, -0.25) is 28.7 Å². The summed E-state index contributed by atoms with van der Waals surface area (Å²) in [6, 6.07) is 13.5. The van der Waals surface area contributed by atoms with E-state index in [1.54, 1.807) is 52.0 Å². The van der Waals surface area contributed by atoms with Gasteiger partial charge in [-0.2, -0.15) is 5.06 Å². The Hall–Kier alpha value is -4.40. The number of ketones is 1. The van der Waals surface area contributed by atoms with Crippen LogP contribution >= 0.6 is 33.9 Å². The number of anilines is 1. The maximum Gasteiger partial charge on any atom is 0.272 e. The molecule has 0 bridgehead atoms. The zero-order valence-electron chi connectivity index (χ0n) is 26.9. The van der Waals surface area contributed by atoms with Crippen molar-refractivity contribution >= 4 is 83.9 Å². The number of aryl methyl sites for hydroxylation is 1. The quantitative estimate of drug-likeness (QED) is 0.0277. The van der Waals surface area contributed by atoms with Gasteiger partial charge in [0.2, 0.25) is 18.1 Å². The lowest BCUT2D eigenvalue weighted by Crippen LogP contribution is -2.43. The maximum atomic E-state index is 13.7. The maximum absolute atomic E-state index is 13.7. The van der Waals surface area contributed by atoms with Crippen molar-refractivity contribution in [3.8, 4) is 0 Å². The van der Waals surface area contributed by atoms with E-state index in [4.69, 9.17) is 15.4 Å². The van der Waals surface area contributed by atoms with Gasteiger partial charge in [-0.1, -0.05) is 18.2 Å². The number of rotatable bonds is 14. The number of carbonyl (C=O) groups is 3. The number of para-hydroxylation sites is 1. The molecule has 5 N–H and O–H groups in total. The number of benzene rings is 2. The molecule has 0 saturated carbocycles. The number of hydroxylamine groups is 2. The van der Waals surface area contributed by atoms with Gasteiger partial charge in [-0.15, -0.1) is 11.3 Å². The first kappa shape index (κ1) is 37.4. The number of nitrogens with two attached hydrogens (primary N) is 1. The molecule has 0 saturated heterocycles. The number of sulfonamides is 1. The second-order valence-electron chi connectivity index (χ2n) is 11.6. The second kappa shape index (κ2) is 15.9. The van der Waals surface area contributed by atoms with E-state index in [0.29, 0.717) is 26.3 Å². The number of nitrogens with one attached hydrogen (secondary N) is 3. The molecule has 0 aliphatic carbocycles. The van der Waals surface area contributed by atoms with Crippen molar-refractivity contribution in [2.45, 2.75) is 57.1 Å². The van der Waals surface area contributed by atoms with E-state index < -0.39 is 51.3 Å². The number of aromatic amines is 1. The smallest absolute Gasteiger partial charge is 0.272 e. The molecule has 1 atom stereocenters. The monoisotopic (exact) mass is 823 g/mol. The lowest BCUT2D eigenvalue weighted by atomic mass is 10.1. The highest BCUT2D eigenvalue weighted by Crippen LogP contribution is 2.24. The van der Waals surface area contributed by atoms with Crippen LogP contribution in [0.15, 0.2) is 69.4 Å². The van der Waals surface area contributed by atoms with Crippen LogP contribution in [-0.2, 0) is 35.7 Å². The third-order valence-electron chi connectivity index (χ3n) is 6.45. The first-order valence-electron chi connectivity index (χ1n) is 14.7. The van der Waals surface area contributed by atoms with E-state index >= 15 is 0 Å². The van der Waals surface area contributed by atoms with Crippen molar-refractivity contribution in [2.75, 3.05) is 11.3 Å². The predicted molar refractivity (Wildman–Crippen MR) is 192 cm³/mol. The summed E-state index contributed by atoms with van der Waals surface area (Å²) in [6.45, 7) is 6.46. The molecule has 0 radical (unpaired) electrons. The molecule has 260 valence electrons. The lowest BCUT2D eigenvalue weighted by Gasteiger charge is -2.25. The van der Waals surface area contributed by atoms with Crippen molar-refractivity contribution in [2.24, 2.45) is 10.9 Å². The number of halogens is 1. The number of carbonyl (C=O) groups excluding carboxylic acids is 3. The average molecular weight is 824 g/mol. The fraction of sp³-hybridized carbons (Fsp3) is 0.290. The van der Waals surface area contributed by atoms with Crippen molar-refractivity contribution in [1.82, 2.24) is 20.3 Å². The molecule has 49 heavy (non-hydrogen) atoms. The number of nitrogens with zero attached hydrogens (tertiary/aromatic N) is 3. The molecule has 2 heterocycles. The van der Waals surface area contributed by atoms with E-state index in [2.05, 4.69) is 25.2 Å². The van der Waals surface area contributed by atoms with Gasteiger partial charge in [0, 0.05) is 15.7 Å². The number of hydrogen-bond acceptors (Lipinski definition) is 11. The Morgan fingerprint density at radius 1 is 1.18 bits per heavy atom. The molecule has 4 aromatic rings. The van der Waals surface area contributed by atoms with E-state index in [9.17, 15) is 27.6 Å². The van der Waals surface area contributed by atoms with Crippen LogP contribution in [0.25, 0.3) is 10.2 Å². The minimum atomic E-state index is -4.20. The summed E-state index contributed by atoms with van der Waals surface area (Å²) in [5.74, 6) is -1.59. The number of oxime groups is 1. The number of amides is 2. The van der Waals surface area contributed by atoms with E-state index in [1.807, 2.05) is 34.7 Å². The first-order chi connectivity index (χ1) is 23.1. The number of guanidine groups is 1. The fourth-order valence-corrected chi connectivity index (χ4v) is 7.25. The van der Waals surface area contributed by atoms with Gasteiger partial charge < -0.3 is 20.9 Å². The number of pyridine rings is 1. The SMILES string of the molecule is Cc1cc(CC(=O)N[C@@H](CCON=C(N)N(C=O)OC(C)(C)C)C(=O)c2nc3ccccc3s2)c(NS(=O)(=O)c2cccc(I)c2)c(=O)[nH]1. The highest BCUT2D eigenvalue weighted by molar-refractivity contribution is 14.1. The molecule has 18 heteroatoms. The molecule has 0 fully saturated rings. The van der Waals surface area contributed by atoms with Gasteiger partial charge in [0.1, 0.15) is 12.3 Å². The van der Waals surface area contributed by atoms with Crippen molar-refractivity contribution in [1.29, 1.82) is 0 Å². The lowest BCUT2D eigenvalue weighted by molar-refractivity contribution is -0.185. The van der Waals surface area contributed by atoms with Gasteiger partial charge in [0.25, 0.3) is 21.5 Å². The number of hydrogen-bond donors (Lipinski definition) is 4. The van der Waals surface area contributed by atoms with Crippen LogP contribution < -0.4 is 21.3 Å². The summed E-state index contributed by atoms with van der Waals surface area (Å²) in [4.78, 5) is 69.0. The van der Waals surface area contributed by atoms with Crippen LogP contribution in [0.4, 0.5) is 5.69 Å². The molecule has 4 rings (SSSR count). The summed E-state index contributed by atoms with van der Waals surface area (Å²) in [5, 5.41) is 7.18. The van der Waals surface area contributed by atoms with E-state index in [0.717, 1.165) is 16.0 Å². The van der Waals surface area contributed by atoms with Crippen LogP contribution in [0.2, 0.25) is 0 Å². The molecule has 0 unspecified atom stereocenters. The zero-order chi connectivity index (χ0) is 35.9. The first-order valence-corrected chi connectivity index (χ1v) is 18.0. The Morgan fingerprint density at radius 3 is 2.59 bits per heavy atom. The summed E-state index contributed by atoms with van der Waals surface area (Å²) < 4.78 is 30.1. The molecule has 15 nitrogen and oxygen atoms in total. The van der Waals surface area contributed by atoms with Gasteiger partial charge in [-0.05, 0) is 97.4 Å². The minimum Gasteiger partial charge on any atom is -0.393 e. The number of H-pyrrole nitrogens is 1. The van der Waals surface area contributed by atoms with Crippen LogP contribution in [-0.4, -0.2) is 65.8 Å². The Kier molecular flexibility index (Phi) is 12.1. The number of fused-ring (bicyclic) bond motifs is 1. The van der Waals surface area contributed by atoms with Crippen molar-refractivity contribution < 1.29 is 32.5 Å². The van der Waals surface area contributed by atoms with Crippen LogP contribution in [0, 0.1) is 10.5 Å². The van der Waals surface area contributed by atoms with E-state index in [-0.39, 0.29) is 34.2 Å². The molecular weight excluding hydrogens is 789 g/mol. The topological polar surface area (TPSA) is 215 Å². The Balaban J connectivity index is 1.56.